The van der Waals surface area contributed by atoms with Crippen molar-refractivity contribution in [1.82, 2.24) is 10.3 Å². The van der Waals surface area contributed by atoms with Crippen molar-refractivity contribution in [2.24, 2.45) is 0 Å². The van der Waals surface area contributed by atoms with E-state index in [2.05, 4.69) is 15.6 Å². The number of urea groups is 1. The summed E-state index contributed by atoms with van der Waals surface area (Å²) in [6.07, 6.45) is -4.56. The molecule has 0 spiro atoms. The smallest absolute Gasteiger partial charge is 0.382 e. The molecular formula is C16H17ClF3N3O3S. The largest absolute Gasteiger partial charge is 0.417 e. The summed E-state index contributed by atoms with van der Waals surface area (Å²) in [4.78, 5) is 16.1. The number of benzene rings is 1. The molecule has 1 aromatic heterocycles. The topological polar surface area (TPSA) is 72.5 Å². The van der Waals surface area contributed by atoms with Crippen LogP contribution in [0.4, 0.5) is 23.1 Å². The van der Waals surface area contributed by atoms with Gasteiger partial charge in [0.1, 0.15) is 0 Å². The molecular weight excluding hydrogens is 407 g/mol. The van der Waals surface area contributed by atoms with Crippen LogP contribution in [0.5, 0.6) is 0 Å². The molecule has 0 aliphatic heterocycles. The zero-order valence-corrected chi connectivity index (χ0v) is 15.8. The number of aromatic nitrogens is 1. The van der Waals surface area contributed by atoms with Crippen molar-refractivity contribution < 1.29 is 27.4 Å². The Kier molecular flexibility index (Phi) is 7.84. The summed E-state index contributed by atoms with van der Waals surface area (Å²) >= 11 is 6.77. The molecule has 0 fully saturated rings. The number of hydrogen-bond acceptors (Lipinski definition) is 5. The van der Waals surface area contributed by atoms with Crippen molar-refractivity contribution in [3.05, 3.63) is 45.4 Å². The Labute approximate surface area is 162 Å². The fraction of sp³-hybridized carbons (Fsp3) is 0.375. The van der Waals surface area contributed by atoms with Gasteiger partial charge < -0.3 is 14.8 Å². The number of ether oxygens (including phenoxy) is 2. The number of halogens is 4. The first-order valence-corrected chi connectivity index (χ1v) is 8.97. The molecule has 2 rings (SSSR count). The minimum absolute atomic E-state index is 0.0928. The summed E-state index contributed by atoms with van der Waals surface area (Å²) < 4.78 is 48.7. The van der Waals surface area contributed by atoms with E-state index in [1.54, 1.807) is 12.5 Å². The first-order valence-electron chi connectivity index (χ1n) is 7.71. The van der Waals surface area contributed by atoms with Gasteiger partial charge in [0.15, 0.2) is 5.13 Å². The Morgan fingerprint density at radius 1 is 1.33 bits per heavy atom. The van der Waals surface area contributed by atoms with Gasteiger partial charge in [-0.1, -0.05) is 17.7 Å². The number of carbonyl (C=O) groups is 1. The van der Waals surface area contributed by atoms with Gasteiger partial charge in [-0.15, -0.1) is 11.3 Å². The van der Waals surface area contributed by atoms with Crippen LogP contribution in [0.15, 0.2) is 23.6 Å². The summed E-state index contributed by atoms with van der Waals surface area (Å²) in [7, 11) is 1.57. The maximum Gasteiger partial charge on any atom is 0.417 e. The van der Waals surface area contributed by atoms with Gasteiger partial charge in [-0.05, 0) is 17.7 Å². The Hall–Kier alpha value is -1.88. The van der Waals surface area contributed by atoms with E-state index in [0.717, 1.165) is 12.1 Å². The Morgan fingerprint density at radius 3 is 2.81 bits per heavy atom. The highest BCUT2D eigenvalue weighted by Gasteiger charge is 2.33. The first-order chi connectivity index (χ1) is 12.8. The van der Waals surface area contributed by atoms with Crippen LogP contribution in [0, 0.1) is 0 Å². The Morgan fingerprint density at radius 2 is 2.11 bits per heavy atom. The maximum absolute atomic E-state index is 12.8. The van der Waals surface area contributed by atoms with Crippen molar-refractivity contribution >= 4 is 34.1 Å². The van der Waals surface area contributed by atoms with Crippen molar-refractivity contribution in [3.8, 4) is 0 Å². The lowest BCUT2D eigenvalue weighted by atomic mass is 10.1. The average Bonchev–Trinajstić information content (AvgIpc) is 3.04. The number of amides is 2. The predicted molar refractivity (Wildman–Crippen MR) is 96.0 cm³/mol. The number of carbonyl (C=O) groups excluding carboxylic acids is 1. The second-order valence-electron chi connectivity index (χ2n) is 5.31. The van der Waals surface area contributed by atoms with Crippen LogP contribution in [0.3, 0.4) is 0 Å². The number of anilines is 1. The average molecular weight is 424 g/mol. The molecule has 0 unspecified atom stereocenters. The molecule has 0 aliphatic carbocycles. The summed E-state index contributed by atoms with van der Waals surface area (Å²) in [5.74, 6) is 0. The number of alkyl halides is 3. The lowest BCUT2D eigenvalue weighted by Gasteiger charge is -2.11. The SMILES string of the molecule is COCCOCc1csc(NC(=O)NCc2ccc(Cl)c(C(F)(F)F)c2)n1. The summed E-state index contributed by atoms with van der Waals surface area (Å²) in [6.45, 7) is 1.09. The third kappa shape index (κ3) is 6.98. The van der Waals surface area contributed by atoms with E-state index in [1.807, 2.05) is 0 Å². The van der Waals surface area contributed by atoms with Crippen LogP contribution < -0.4 is 10.6 Å². The van der Waals surface area contributed by atoms with Crippen LogP contribution >= 0.6 is 22.9 Å². The lowest BCUT2D eigenvalue weighted by molar-refractivity contribution is -0.137. The first kappa shape index (κ1) is 21.4. The molecule has 0 saturated heterocycles. The second-order valence-corrected chi connectivity index (χ2v) is 6.57. The van der Waals surface area contributed by atoms with Crippen molar-refractivity contribution in [1.29, 1.82) is 0 Å². The van der Waals surface area contributed by atoms with Gasteiger partial charge in [-0.25, -0.2) is 9.78 Å². The predicted octanol–water partition coefficient (Wildman–Crippen LogP) is 4.30. The summed E-state index contributed by atoms with van der Waals surface area (Å²) in [6, 6.07) is 2.88. The minimum Gasteiger partial charge on any atom is -0.382 e. The molecule has 0 atom stereocenters. The molecule has 11 heteroatoms. The highest BCUT2D eigenvalue weighted by molar-refractivity contribution is 7.13. The molecule has 6 nitrogen and oxygen atoms in total. The zero-order valence-electron chi connectivity index (χ0n) is 14.2. The number of nitrogens with one attached hydrogen (secondary N) is 2. The fourth-order valence-corrected chi connectivity index (χ4v) is 2.89. The molecule has 1 heterocycles. The third-order valence-corrected chi connectivity index (χ3v) is 4.38. The number of rotatable bonds is 8. The molecule has 27 heavy (non-hydrogen) atoms. The fourth-order valence-electron chi connectivity index (χ4n) is 1.97. The van der Waals surface area contributed by atoms with Crippen molar-refractivity contribution in [3.63, 3.8) is 0 Å². The third-order valence-electron chi connectivity index (χ3n) is 3.24. The van der Waals surface area contributed by atoms with Crippen LogP contribution in [0.2, 0.25) is 5.02 Å². The Bertz CT molecular complexity index is 771. The van der Waals surface area contributed by atoms with Gasteiger partial charge in [-0.2, -0.15) is 13.2 Å². The molecule has 0 radical (unpaired) electrons. The molecule has 2 N–H and O–H groups in total. The molecule has 0 bridgehead atoms. The zero-order chi connectivity index (χ0) is 19.9. The van der Waals surface area contributed by atoms with Gasteiger partial charge in [0, 0.05) is 19.0 Å². The van der Waals surface area contributed by atoms with E-state index < -0.39 is 22.8 Å². The van der Waals surface area contributed by atoms with E-state index in [-0.39, 0.29) is 18.7 Å². The molecule has 0 saturated carbocycles. The Balaban J connectivity index is 1.84. The van der Waals surface area contributed by atoms with Crippen LogP contribution in [-0.4, -0.2) is 31.3 Å². The van der Waals surface area contributed by atoms with Crippen molar-refractivity contribution in [2.75, 3.05) is 25.6 Å². The standard InChI is InChI=1S/C16H17ClF3N3O3S/c1-25-4-5-26-8-11-9-27-15(22-11)23-14(24)21-7-10-2-3-13(17)12(6-10)16(18,19)20/h2-3,6,9H,4-5,7-8H2,1H3,(H2,21,22,23,24). The van der Waals surface area contributed by atoms with E-state index in [4.69, 9.17) is 21.1 Å². The summed E-state index contributed by atoms with van der Waals surface area (Å²) in [5, 5.41) is 6.69. The number of nitrogens with zero attached hydrogens (tertiary/aromatic N) is 1. The molecule has 2 amide bonds. The van der Waals surface area contributed by atoms with Gasteiger partial charge in [0.25, 0.3) is 0 Å². The quantitative estimate of drug-likeness (QED) is 0.621. The van der Waals surface area contributed by atoms with E-state index in [0.29, 0.717) is 24.0 Å². The lowest BCUT2D eigenvalue weighted by Crippen LogP contribution is -2.28. The normalized spacial score (nSPS) is 11.4. The highest BCUT2D eigenvalue weighted by Crippen LogP contribution is 2.35. The maximum atomic E-state index is 12.8. The van der Waals surface area contributed by atoms with Gasteiger partial charge in [0.2, 0.25) is 0 Å². The van der Waals surface area contributed by atoms with Gasteiger partial charge in [0.05, 0.1) is 36.1 Å². The molecule has 1 aromatic carbocycles. The van der Waals surface area contributed by atoms with Crippen molar-refractivity contribution in [2.45, 2.75) is 19.3 Å². The molecule has 2 aromatic rings. The number of thiazole rings is 1. The van der Waals surface area contributed by atoms with E-state index >= 15 is 0 Å². The number of hydrogen-bond donors (Lipinski definition) is 2. The number of methoxy groups -OCH3 is 1. The van der Waals surface area contributed by atoms with Gasteiger partial charge in [-0.3, -0.25) is 5.32 Å². The van der Waals surface area contributed by atoms with Crippen LogP contribution in [-0.2, 0) is 28.8 Å². The second kappa shape index (κ2) is 9.88. The van der Waals surface area contributed by atoms with Crippen LogP contribution in [0.1, 0.15) is 16.8 Å². The molecule has 0 aliphatic rings. The van der Waals surface area contributed by atoms with Crippen LogP contribution in [0.25, 0.3) is 0 Å². The minimum atomic E-state index is -4.56. The van der Waals surface area contributed by atoms with E-state index in [9.17, 15) is 18.0 Å². The monoisotopic (exact) mass is 423 g/mol. The van der Waals surface area contributed by atoms with E-state index in [1.165, 1.54) is 17.4 Å². The van der Waals surface area contributed by atoms with Gasteiger partial charge >= 0.3 is 12.2 Å². The summed E-state index contributed by atoms with van der Waals surface area (Å²) in [5.41, 5.74) is -0.0194. The molecule has 148 valence electrons. The highest BCUT2D eigenvalue weighted by atomic mass is 35.5.